The first-order valence-electron chi connectivity index (χ1n) is 3.84. The van der Waals surface area contributed by atoms with Gasteiger partial charge < -0.3 is 4.74 Å². The molecule has 0 spiro atoms. The van der Waals surface area contributed by atoms with Gasteiger partial charge in [-0.15, -0.1) is 10.2 Å². The lowest BCUT2D eigenvalue weighted by atomic mass is 10.4. The van der Waals surface area contributed by atoms with Gasteiger partial charge in [-0.1, -0.05) is 22.9 Å². The molecule has 0 saturated heterocycles. The fraction of sp³-hybridized carbons (Fsp3) is 0.125. The Bertz CT molecular complexity index is 389. The molecule has 0 aliphatic heterocycles. The molecular weight excluding hydrogens is 222 g/mol. The van der Waals surface area contributed by atoms with Crippen LogP contribution in [0.3, 0.4) is 0 Å². The number of aromatic nitrogens is 3. The minimum absolute atomic E-state index is 0.381. The van der Waals surface area contributed by atoms with E-state index in [0.717, 1.165) is 5.69 Å². The average molecular weight is 228 g/mol. The molecule has 72 valence electrons. The highest BCUT2D eigenvalue weighted by molar-refractivity contribution is 7.11. The lowest BCUT2D eigenvalue weighted by molar-refractivity contribution is 0.297. The summed E-state index contributed by atoms with van der Waals surface area (Å²) >= 11 is 7.03. The van der Waals surface area contributed by atoms with Crippen LogP contribution in [0.2, 0.25) is 5.02 Å². The Labute approximate surface area is 89.5 Å². The van der Waals surface area contributed by atoms with Crippen molar-refractivity contribution >= 4 is 22.9 Å². The van der Waals surface area contributed by atoms with Crippen LogP contribution in [0.5, 0.6) is 5.19 Å². The third kappa shape index (κ3) is 2.40. The quantitative estimate of drug-likeness (QED) is 0.806. The second kappa shape index (κ2) is 4.34. The molecule has 0 aliphatic carbocycles. The second-order valence-electron chi connectivity index (χ2n) is 2.46. The van der Waals surface area contributed by atoms with Crippen LogP contribution in [0.15, 0.2) is 23.8 Å². The van der Waals surface area contributed by atoms with Crippen molar-refractivity contribution in [1.29, 1.82) is 0 Å². The number of nitrogens with zero attached hydrogens (tertiary/aromatic N) is 3. The van der Waals surface area contributed by atoms with Gasteiger partial charge in [0.2, 0.25) is 0 Å². The van der Waals surface area contributed by atoms with E-state index in [-0.39, 0.29) is 0 Å². The Kier molecular flexibility index (Phi) is 2.90. The summed E-state index contributed by atoms with van der Waals surface area (Å²) in [6.45, 7) is 0.381. The molecule has 0 atom stereocenters. The monoisotopic (exact) mass is 227 g/mol. The van der Waals surface area contributed by atoms with Crippen molar-refractivity contribution in [2.75, 3.05) is 0 Å². The van der Waals surface area contributed by atoms with Gasteiger partial charge in [-0.25, -0.2) is 0 Å². The van der Waals surface area contributed by atoms with Crippen molar-refractivity contribution < 1.29 is 4.74 Å². The van der Waals surface area contributed by atoms with E-state index in [0.29, 0.717) is 16.8 Å². The standard InChI is InChI=1S/C8H6ClN3OS/c9-6-1-2-7(10-3-6)4-13-8-12-11-5-14-8/h1-3,5H,4H2. The van der Waals surface area contributed by atoms with Crippen LogP contribution < -0.4 is 4.74 Å². The molecule has 0 bridgehead atoms. The van der Waals surface area contributed by atoms with E-state index in [9.17, 15) is 0 Å². The Balaban J connectivity index is 1.95. The van der Waals surface area contributed by atoms with E-state index in [1.807, 2.05) is 6.07 Å². The highest BCUT2D eigenvalue weighted by Gasteiger charge is 1.99. The molecule has 0 amide bonds. The van der Waals surface area contributed by atoms with E-state index < -0.39 is 0 Å². The maximum Gasteiger partial charge on any atom is 0.294 e. The van der Waals surface area contributed by atoms with Gasteiger partial charge >= 0.3 is 0 Å². The Hall–Kier alpha value is -1.20. The summed E-state index contributed by atoms with van der Waals surface area (Å²) in [4.78, 5) is 4.08. The third-order valence-corrected chi connectivity index (χ3v) is 2.30. The minimum Gasteiger partial charge on any atom is -0.462 e. The molecule has 2 aromatic rings. The average Bonchev–Trinajstić information content (AvgIpc) is 2.70. The summed E-state index contributed by atoms with van der Waals surface area (Å²) in [6, 6.07) is 3.58. The SMILES string of the molecule is Clc1ccc(COc2nncs2)nc1. The highest BCUT2D eigenvalue weighted by atomic mass is 35.5. The minimum atomic E-state index is 0.381. The van der Waals surface area contributed by atoms with Gasteiger partial charge in [-0.2, -0.15) is 0 Å². The number of halogens is 1. The Morgan fingerprint density at radius 2 is 2.36 bits per heavy atom. The van der Waals surface area contributed by atoms with Crippen molar-refractivity contribution in [3.8, 4) is 5.19 Å². The summed E-state index contributed by atoms with van der Waals surface area (Å²) in [5, 5.41) is 8.55. The second-order valence-corrected chi connectivity index (χ2v) is 3.69. The zero-order valence-electron chi connectivity index (χ0n) is 7.05. The first-order chi connectivity index (χ1) is 6.84. The van der Waals surface area contributed by atoms with Gasteiger partial charge in [0.15, 0.2) is 0 Å². The normalized spacial score (nSPS) is 10.1. The van der Waals surface area contributed by atoms with E-state index in [1.165, 1.54) is 11.3 Å². The Morgan fingerprint density at radius 1 is 1.43 bits per heavy atom. The lowest BCUT2D eigenvalue weighted by Crippen LogP contribution is -1.97. The molecule has 0 saturated carbocycles. The van der Waals surface area contributed by atoms with Crippen LogP contribution in [0.1, 0.15) is 5.69 Å². The van der Waals surface area contributed by atoms with Crippen molar-refractivity contribution in [2.24, 2.45) is 0 Å². The maximum atomic E-state index is 5.69. The maximum absolute atomic E-state index is 5.69. The van der Waals surface area contributed by atoms with Crippen LogP contribution in [-0.2, 0) is 6.61 Å². The molecule has 2 rings (SSSR count). The smallest absolute Gasteiger partial charge is 0.294 e. The summed E-state index contributed by atoms with van der Waals surface area (Å²) < 4.78 is 5.31. The Morgan fingerprint density at radius 3 is 3.00 bits per heavy atom. The molecular formula is C8H6ClN3OS. The molecule has 2 aromatic heterocycles. The predicted molar refractivity (Wildman–Crippen MR) is 53.5 cm³/mol. The first-order valence-corrected chi connectivity index (χ1v) is 5.10. The molecule has 0 fully saturated rings. The summed E-state index contributed by atoms with van der Waals surface area (Å²) in [6.07, 6.45) is 1.58. The van der Waals surface area contributed by atoms with Crippen molar-refractivity contribution in [3.63, 3.8) is 0 Å². The fourth-order valence-electron chi connectivity index (χ4n) is 0.853. The van der Waals surface area contributed by atoms with Crippen molar-refractivity contribution in [2.45, 2.75) is 6.61 Å². The van der Waals surface area contributed by atoms with E-state index in [4.69, 9.17) is 16.3 Å². The van der Waals surface area contributed by atoms with Crippen LogP contribution >= 0.6 is 22.9 Å². The molecule has 0 aromatic carbocycles. The first kappa shape index (κ1) is 9.36. The van der Waals surface area contributed by atoms with Crippen molar-refractivity contribution in [1.82, 2.24) is 15.2 Å². The number of hydrogen-bond acceptors (Lipinski definition) is 5. The van der Waals surface area contributed by atoms with Gasteiger partial charge in [-0.05, 0) is 12.1 Å². The van der Waals surface area contributed by atoms with Crippen LogP contribution in [0.4, 0.5) is 0 Å². The third-order valence-electron chi connectivity index (χ3n) is 1.47. The summed E-state index contributed by atoms with van der Waals surface area (Å²) in [5.74, 6) is 0. The number of rotatable bonds is 3. The van der Waals surface area contributed by atoms with Gasteiger partial charge in [0.25, 0.3) is 5.19 Å². The summed E-state index contributed by atoms with van der Waals surface area (Å²) in [5.41, 5.74) is 2.43. The predicted octanol–water partition coefficient (Wildman–Crippen LogP) is 2.17. The van der Waals surface area contributed by atoms with Gasteiger partial charge in [0, 0.05) is 6.20 Å². The van der Waals surface area contributed by atoms with E-state index in [2.05, 4.69) is 15.2 Å². The lowest BCUT2D eigenvalue weighted by Gasteiger charge is -2.00. The highest BCUT2D eigenvalue weighted by Crippen LogP contribution is 2.13. The fourth-order valence-corrected chi connectivity index (χ4v) is 1.37. The van der Waals surface area contributed by atoms with E-state index in [1.54, 1.807) is 17.8 Å². The number of hydrogen-bond donors (Lipinski definition) is 0. The zero-order valence-corrected chi connectivity index (χ0v) is 8.63. The van der Waals surface area contributed by atoms with Crippen LogP contribution in [0.25, 0.3) is 0 Å². The zero-order chi connectivity index (χ0) is 9.80. The largest absolute Gasteiger partial charge is 0.462 e. The summed E-state index contributed by atoms with van der Waals surface area (Å²) in [7, 11) is 0. The molecule has 2 heterocycles. The molecule has 0 unspecified atom stereocenters. The molecule has 0 aliphatic rings. The number of pyridine rings is 1. The van der Waals surface area contributed by atoms with Gasteiger partial charge in [-0.3, -0.25) is 4.98 Å². The van der Waals surface area contributed by atoms with Crippen LogP contribution in [0, 0.1) is 0 Å². The topological polar surface area (TPSA) is 47.9 Å². The number of ether oxygens (including phenoxy) is 1. The molecule has 6 heteroatoms. The molecule has 14 heavy (non-hydrogen) atoms. The van der Waals surface area contributed by atoms with Gasteiger partial charge in [0.1, 0.15) is 12.1 Å². The molecule has 0 N–H and O–H groups in total. The van der Waals surface area contributed by atoms with Gasteiger partial charge in [0.05, 0.1) is 10.7 Å². The van der Waals surface area contributed by atoms with Crippen molar-refractivity contribution in [3.05, 3.63) is 34.6 Å². The molecule has 0 radical (unpaired) electrons. The van der Waals surface area contributed by atoms with E-state index >= 15 is 0 Å². The molecule has 4 nitrogen and oxygen atoms in total. The van der Waals surface area contributed by atoms with Crippen LogP contribution in [-0.4, -0.2) is 15.2 Å².